The SMILES string of the molecule is COc1ccc(OCCOCCOCCOCCOCCOCCO)c(C(=O)c2ccc(C(=O)N[C@@H]3CNC[C@@H]3NC(=O)c3ccc4c(c3)CN=C4)cc2)c1F.Cl. The van der Waals surface area contributed by atoms with Gasteiger partial charge in [0.25, 0.3) is 11.8 Å². The maximum atomic E-state index is 15.5. The summed E-state index contributed by atoms with van der Waals surface area (Å²) in [5, 5.41) is 17.8. The molecule has 310 valence electrons. The molecule has 0 saturated carbocycles. The summed E-state index contributed by atoms with van der Waals surface area (Å²) in [7, 11) is 1.30. The molecule has 0 aromatic heterocycles. The zero-order valence-electron chi connectivity index (χ0n) is 31.8. The number of fused-ring (bicyclic) bond motifs is 1. The summed E-state index contributed by atoms with van der Waals surface area (Å²) in [5.41, 5.74) is 2.64. The number of aliphatic hydroxyl groups excluding tert-OH is 1. The average Bonchev–Trinajstić information content (AvgIpc) is 3.87. The summed E-state index contributed by atoms with van der Waals surface area (Å²) in [6, 6.07) is 13.4. The number of halogens is 2. The standard InChI is InChI=1S/C40H49FN4O11.ClH/c1-50-35-9-8-34(56-21-20-55-19-18-54-17-16-53-15-14-52-13-12-51-11-10-46)36(37(35)41)38(47)27-2-4-28(5-3-27)39(48)44-32-25-43-26-33(32)45-40(49)29-6-7-30-23-42-24-31(30)22-29;/h2-9,22-23,32-33,43,46H,10-21,24-26H2,1H3,(H,44,48)(H,45,49);1H/t32-,33+;/m1./s1. The molecule has 57 heavy (non-hydrogen) atoms. The molecule has 2 amide bonds. The summed E-state index contributed by atoms with van der Waals surface area (Å²) in [4.78, 5) is 44.1. The van der Waals surface area contributed by atoms with E-state index in [-0.39, 0.29) is 84.3 Å². The Morgan fingerprint density at radius 3 is 1.81 bits per heavy atom. The minimum atomic E-state index is -0.873. The van der Waals surface area contributed by atoms with Gasteiger partial charge < -0.3 is 54.2 Å². The summed E-state index contributed by atoms with van der Waals surface area (Å²) in [5.74, 6) is -2.26. The van der Waals surface area contributed by atoms with Crippen LogP contribution in [0.1, 0.15) is 47.8 Å². The molecule has 4 N–H and O–H groups in total. The fourth-order valence-electron chi connectivity index (χ4n) is 5.94. The highest BCUT2D eigenvalue weighted by molar-refractivity contribution is 6.11. The Labute approximate surface area is 336 Å². The first-order valence-electron chi connectivity index (χ1n) is 18.5. The molecule has 2 atom stereocenters. The van der Waals surface area contributed by atoms with Gasteiger partial charge in [-0.1, -0.05) is 18.2 Å². The molecule has 3 aromatic rings. The Morgan fingerprint density at radius 1 is 0.719 bits per heavy atom. The number of amides is 2. The van der Waals surface area contributed by atoms with Crippen molar-refractivity contribution >= 4 is 36.2 Å². The number of nitrogens with one attached hydrogen (secondary N) is 3. The normalized spacial score (nSPS) is 15.5. The van der Waals surface area contributed by atoms with Gasteiger partial charge in [0, 0.05) is 36.0 Å². The van der Waals surface area contributed by atoms with Crippen molar-refractivity contribution in [3.63, 3.8) is 0 Å². The second-order valence-corrected chi connectivity index (χ2v) is 12.7. The van der Waals surface area contributed by atoms with Crippen LogP contribution in [0.5, 0.6) is 11.5 Å². The minimum absolute atomic E-state index is 0. The second-order valence-electron chi connectivity index (χ2n) is 12.7. The van der Waals surface area contributed by atoms with E-state index in [0.717, 1.165) is 11.1 Å². The Morgan fingerprint density at radius 2 is 1.23 bits per heavy atom. The predicted octanol–water partition coefficient (Wildman–Crippen LogP) is 2.37. The first-order valence-corrected chi connectivity index (χ1v) is 18.5. The molecule has 2 aliphatic rings. The van der Waals surface area contributed by atoms with Crippen LogP contribution >= 0.6 is 12.4 Å². The summed E-state index contributed by atoms with van der Waals surface area (Å²) in [6.45, 7) is 5.07. The van der Waals surface area contributed by atoms with Gasteiger partial charge in [0.15, 0.2) is 17.3 Å². The average molecular weight is 817 g/mol. The molecule has 3 aromatic carbocycles. The van der Waals surface area contributed by atoms with Gasteiger partial charge >= 0.3 is 0 Å². The maximum Gasteiger partial charge on any atom is 0.251 e. The first-order chi connectivity index (χ1) is 27.4. The van der Waals surface area contributed by atoms with E-state index in [1.807, 2.05) is 12.1 Å². The fourth-order valence-corrected chi connectivity index (χ4v) is 5.94. The van der Waals surface area contributed by atoms with Gasteiger partial charge in [0.1, 0.15) is 17.9 Å². The molecule has 5 rings (SSSR count). The van der Waals surface area contributed by atoms with Crippen LogP contribution in [0.25, 0.3) is 0 Å². The highest BCUT2D eigenvalue weighted by atomic mass is 35.5. The molecule has 2 heterocycles. The van der Waals surface area contributed by atoms with Gasteiger partial charge in [-0.3, -0.25) is 19.4 Å². The minimum Gasteiger partial charge on any atom is -0.494 e. The molecule has 17 heteroatoms. The Kier molecular flexibility index (Phi) is 19.3. The smallest absolute Gasteiger partial charge is 0.251 e. The molecular weight excluding hydrogens is 767 g/mol. The van der Waals surface area contributed by atoms with Gasteiger partial charge in [-0.25, -0.2) is 4.39 Å². The molecule has 2 aliphatic heterocycles. The quantitative estimate of drug-likeness (QED) is 0.0725. The molecule has 1 fully saturated rings. The molecule has 15 nitrogen and oxygen atoms in total. The molecule has 1 saturated heterocycles. The van der Waals surface area contributed by atoms with Crippen molar-refractivity contribution in [2.75, 3.05) is 99.5 Å². The number of nitrogens with zero attached hydrogens (tertiary/aromatic N) is 1. The maximum absolute atomic E-state index is 15.5. The predicted molar refractivity (Wildman–Crippen MR) is 210 cm³/mol. The number of methoxy groups -OCH3 is 1. The van der Waals surface area contributed by atoms with Crippen LogP contribution in [0.2, 0.25) is 0 Å². The van der Waals surface area contributed by atoms with Gasteiger partial charge in [0.2, 0.25) is 0 Å². The first kappa shape index (κ1) is 45.2. The van der Waals surface area contributed by atoms with E-state index in [2.05, 4.69) is 20.9 Å². The number of hydrogen-bond acceptors (Lipinski definition) is 13. The molecule has 0 unspecified atom stereocenters. The van der Waals surface area contributed by atoms with Gasteiger partial charge in [-0.2, -0.15) is 0 Å². The van der Waals surface area contributed by atoms with Crippen LogP contribution < -0.4 is 25.4 Å². The van der Waals surface area contributed by atoms with E-state index in [4.69, 9.17) is 38.3 Å². The van der Waals surface area contributed by atoms with Crippen molar-refractivity contribution in [2.24, 2.45) is 4.99 Å². The van der Waals surface area contributed by atoms with Crippen LogP contribution in [0.15, 0.2) is 59.6 Å². The lowest BCUT2D eigenvalue weighted by Gasteiger charge is -2.21. The third kappa shape index (κ3) is 13.5. The summed E-state index contributed by atoms with van der Waals surface area (Å²) < 4.78 is 53.3. The summed E-state index contributed by atoms with van der Waals surface area (Å²) >= 11 is 0. The topological polar surface area (TPSA) is 184 Å². The molecule has 0 spiro atoms. The molecule has 0 bridgehead atoms. The lowest BCUT2D eigenvalue weighted by Crippen LogP contribution is -2.51. The van der Waals surface area contributed by atoms with Gasteiger partial charge in [-0.15, -0.1) is 12.4 Å². The fraction of sp³-hybridized carbons (Fsp3) is 0.450. The highest BCUT2D eigenvalue weighted by Crippen LogP contribution is 2.31. The van der Waals surface area contributed by atoms with E-state index in [1.54, 1.807) is 12.3 Å². The second kappa shape index (κ2) is 24.3. The number of aliphatic imine (C=N–C) groups is 1. The van der Waals surface area contributed by atoms with E-state index in [1.165, 1.54) is 43.5 Å². The van der Waals surface area contributed by atoms with Gasteiger partial charge in [0.05, 0.1) is 98.4 Å². The zero-order chi connectivity index (χ0) is 39.5. The number of benzene rings is 3. The third-order valence-electron chi connectivity index (χ3n) is 8.88. The van der Waals surface area contributed by atoms with Crippen LogP contribution in [-0.2, 0) is 30.2 Å². The number of ether oxygens (including phenoxy) is 7. The number of ketones is 1. The van der Waals surface area contributed by atoms with Crippen LogP contribution in [0, 0.1) is 5.82 Å². The van der Waals surface area contributed by atoms with Crippen LogP contribution in [-0.4, -0.2) is 140 Å². The van der Waals surface area contributed by atoms with E-state index in [0.29, 0.717) is 84.7 Å². The van der Waals surface area contributed by atoms with Gasteiger partial charge in [-0.05, 0) is 47.5 Å². The molecular formula is C40H50ClFN4O11. The van der Waals surface area contributed by atoms with Crippen LogP contribution in [0.3, 0.4) is 0 Å². The van der Waals surface area contributed by atoms with E-state index >= 15 is 4.39 Å². The number of aliphatic hydroxyl groups is 1. The Hall–Kier alpha value is -4.52. The Balaban J connectivity index is 0.00000720. The molecule has 0 radical (unpaired) electrons. The monoisotopic (exact) mass is 816 g/mol. The number of rotatable bonds is 25. The van der Waals surface area contributed by atoms with Crippen molar-refractivity contribution in [3.8, 4) is 11.5 Å². The number of carbonyl (C=O) groups excluding carboxylic acids is 3. The lowest BCUT2D eigenvalue weighted by atomic mass is 10.00. The van der Waals surface area contributed by atoms with E-state index < -0.39 is 11.6 Å². The van der Waals surface area contributed by atoms with Crippen LogP contribution in [0.4, 0.5) is 4.39 Å². The van der Waals surface area contributed by atoms with E-state index in [9.17, 15) is 14.4 Å². The molecule has 0 aliphatic carbocycles. The van der Waals surface area contributed by atoms with Crippen molar-refractivity contribution in [3.05, 3.63) is 93.8 Å². The van der Waals surface area contributed by atoms with Crippen molar-refractivity contribution < 1.29 is 57.0 Å². The van der Waals surface area contributed by atoms with Crippen molar-refractivity contribution in [1.82, 2.24) is 16.0 Å². The number of carbonyl (C=O) groups is 3. The largest absolute Gasteiger partial charge is 0.494 e. The third-order valence-corrected chi connectivity index (χ3v) is 8.88. The summed E-state index contributed by atoms with van der Waals surface area (Å²) in [6.07, 6.45) is 1.79. The zero-order valence-corrected chi connectivity index (χ0v) is 32.6. The van der Waals surface area contributed by atoms with Crippen molar-refractivity contribution in [1.29, 1.82) is 0 Å². The Bertz CT molecular complexity index is 1780. The lowest BCUT2D eigenvalue weighted by molar-refractivity contribution is -0.0146. The highest BCUT2D eigenvalue weighted by Gasteiger charge is 2.31. The van der Waals surface area contributed by atoms with Crippen molar-refractivity contribution in [2.45, 2.75) is 18.6 Å². The number of hydrogen-bond donors (Lipinski definition) is 4.